The van der Waals surface area contributed by atoms with Gasteiger partial charge in [-0.1, -0.05) is 0 Å². The van der Waals surface area contributed by atoms with Crippen LogP contribution in [-0.4, -0.2) is 24.2 Å². The van der Waals surface area contributed by atoms with E-state index in [-0.39, 0.29) is 6.10 Å². The standard InChI is InChI=1S/C11H15N3O/c1-3-15-9(2)7-14-11-8-13-5-4-10(11)6-12/h4-5,8-9,14H,3,7H2,1-2H3. The molecule has 1 unspecified atom stereocenters. The predicted octanol–water partition coefficient (Wildman–Crippen LogP) is 1.79. The molecule has 0 radical (unpaired) electrons. The Morgan fingerprint density at radius 1 is 1.67 bits per heavy atom. The van der Waals surface area contributed by atoms with E-state index in [9.17, 15) is 0 Å². The lowest BCUT2D eigenvalue weighted by molar-refractivity contribution is 0.0855. The van der Waals surface area contributed by atoms with Crippen LogP contribution in [0, 0.1) is 11.3 Å². The second-order valence-electron chi connectivity index (χ2n) is 3.18. The molecular formula is C11H15N3O. The summed E-state index contributed by atoms with van der Waals surface area (Å²) in [5.74, 6) is 0. The van der Waals surface area contributed by atoms with Gasteiger partial charge in [-0.3, -0.25) is 4.98 Å². The first-order valence-electron chi connectivity index (χ1n) is 4.97. The Balaban J connectivity index is 2.54. The number of anilines is 1. The highest BCUT2D eigenvalue weighted by Crippen LogP contribution is 2.11. The largest absolute Gasteiger partial charge is 0.380 e. The molecule has 0 aliphatic carbocycles. The highest BCUT2D eigenvalue weighted by Gasteiger charge is 2.03. The number of nitrogens with one attached hydrogen (secondary N) is 1. The fraction of sp³-hybridized carbons (Fsp3) is 0.455. The average Bonchev–Trinajstić information content (AvgIpc) is 2.27. The van der Waals surface area contributed by atoms with Crippen molar-refractivity contribution in [1.82, 2.24) is 4.98 Å². The minimum absolute atomic E-state index is 0.127. The quantitative estimate of drug-likeness (QED) is 0.796. The van der Waals surface area contributed by atoms with Crippen molar-refractivity contribution >= 4 is 5.69 Å². The Labute approximate surface area is 89.9 Å². The van der Waals surface area contributed by atoms with E-state index in [1.807, 2.05) is 13.8 Å². The van der Waals surface area contributed by atoms with Gasteiger partial charge in [0.1, 0.15) is 6.07 Å². The van der Waals surface area contributed by atoms with Crippen LogP contribution in [0.15, 0.2) is 18.5 Å². The second-order valence-corrected chi connectivity index (χ2v) is 3.18. The molecule has 4 heteroatoms. The number of hydrogen-bond acceptors (Lipinski definition) is 4. The van der Waals surface area contributed by atoms with E-state index >= 15 is 0 Å². The molecule has 0 fully saturated rings. The summed E-state index contributed by atoms with van der Waals surface area (Å²) >= 11 is 0. The van der Waals surface area contributed by atoms with Gasteiger partial charge in [-0.05, 0) is 19.9 Å². The zero-order valence-electron chi connectivity index (χ0n) is 9.03. The average molecular weight is 205 g/mol. The minimum Gasteiger partial charge on any atom is -0.380 e. The molecular weight excluding hydrogens is 190 g/mol. The summed E-state index contributed by atoms with van der Waals surface area (Å²) in [5.41, 5.74) is 1.36. The third-order valence-electron chi connectivity index (χ3n) is 1.97. The molecule has 80 valence electrons. The molecule has 0 saturated heterocycles. The molecule has 0 spiro atoms. The summed E-state index contributed by atoms with van der Waals surface area (Å²) < 4.78 is 5.37. The lowest BCUT2D eigenvalue weighted by atomic mass is 10.2. The van der Waals surface area contributed by atoms with Crippen LogP contribution in [0.4, 0.5) is 5.69 Å². The highest BCUT2D eigenvalue weighted by atomic mass is 16.5. The van der Waals surface area contributed by atoms with Crippen LogP contribution in [-0.2, 0) is 4.74 Å². The van der Waals surface area contributed by atoms with Crippen LogP contribution in [0.5, 0.6) is 0 Å². The third-order valence-corrected chi connectivity index (χ3v) is 1.97. The maximum Gasteiger partial charge on any atom is 0.101 e. The van der Waals surface area contributed by atoms with E-state index in [0.717, 1.165) is 5.69 Å². The summed E-state index contributed by atoms with van der Waals surface area (Å²) in [4.78, 5) is 3.96. The number of hydrogen-bond donors (Lipinski definition) is 1. The predicted molar refractivity (Wildman–Crippen MR) is 58.5 cm³/mol. The van der Waals surface area contributed by atoms with Gasteiger partial charge in [0.05, 0.1) is 23.6 Å². The van der Waals surface area contributed by atoms with E-state index in [2.05, 4.69) is 16.4 Å². The normalized spacial score (nSPS) is 11.8. The fourth-order valence-corrected chi connectivity index (χ4v) is 1.23. The van der Waals surface area contributed by atoms with Gasteiger partial charge in [0, 0.05) is 19.3 Å². The Morgan fingerprint density at radius 3 is 3.13 bits per heavy atom. The van der Waals surface area contributed by atoms with Crippen LogP contribution in [0.2, 0.25) is 0 Å². The van der Waals surface area contributed by atoms with Crippen molar-refractivity contribution in [2.75, 3.05) is 18.5 Å². The maximum atomic E-state index is 8.84. The van der Waals surface area contributed by atoms with Crippen molar-refractivity contribution in [3.05, 3.63) is 24.0 Å². The summed E-state index contributed by atoms with van der Waals surface area (Å²) in [6, 6.07) is 3.80. The van der Waals surface area contributed by atoms with Crippen molar-refractivity contribution in [2.24, 2.45) is 0 Å². The van der Waals surface area contributed by atoms with Crippen molar-refractivity contribution in [3.63, 3.8) is 0 Å². The van der Waals surface area contributed by atoms with Crippen LogP contribution in [0.3, 0.4) is 0 Å². The Kier molecular flexibility index (Phi) is 4.58. The van der Waals surface area contributed by atoms with Crippen molar-refractivity contribution in [3.8, 4) is 6.07 Å². The van der Waals surface area contributed by atoms with Crippen LogP contribution in [0.25, 0.3) is 0 Å². The molecule has 15 heavy (non-hydrogen) atoms. The number of rotatable bonds is 5. The SMILES string of the molecule is CCOC(C)CNc1cnccc1C#N. The molecule has 0 aliphatic rings. The summed E-state index contributed by atoms with van der Waals surface area (Å²) in [7, 11) is 0. The van der Waals surface area contributed by atoms with Crippen molar-refractivity contribution < 1.29 is 4.74 Å². The Bertz CT molecular complexity index is 346. The number of aromatic nitrogens is 1. The molecule has 0 bridgehead atoms. The fourth-order valence-electron chi connectivity index (χ4n) is 1.23. The minimum atomic E-state index is 0.127. The van der Waals surface area contributed by atoms with Gasteiger partial charge in [-0.2, -0.15) is 5.26 Å². The molecule has 0 aliphatic heterocycles. The van der Waals surface area contributed by atoms with E-state index < -0.39 is 0 Å². The number of pyridine rings is 1. The number of nitrogens with zero attached hydrogens (tertiary/aromatic N) is 2. The van der Waals surface area contributed by atoms with Gasteiger partial charge in [0.15, 0.2) is 0 Å². The molecule has 1 heterocycles. The van der Waals surface area contributed by atoms with Crippen LogP contribution in [0.1, 0.15) is 19.4 Å². The van der Waals surface area contributed by atoms with E-state index in [0.29, 0.717) is 18.7 Å². The lowest BCUT2D eigenvalue weighted by Crippen LogP contribution is -2.20. The smallest absolute Gasteiger partial charge is 0.101 e. The molecule has 1 aromatic heterocycles. The van der Waals surface area contributed by atoms with Gasteiger partial charge in [0.2, 0.25) is 0 Å². The Morgan fingerprint density at radius 2 is 2.47 bits per heavy atom. The first-order valence-corrected chi connectivity index (χ1v) is 4.97. The molecule has 0 saturated carbocycles. The van der Waals surface area contributed by atoms with Gasteiger partial charge in [-0.25, -0.2) is 0 Å². The van der Waals surface area contributed by atoms with Crippen molar-refractivity contribution in [1.29, 1.82) is 5.26 Å². The first-order chi connectivity index (χ1) is 7.27. The molecule has 0 amide bonds. The van der Waals surface area contributed by atoms with Gasteiger partial charge < -0.3 is 10.1 Å². The second kappa shape index (κ2) is 5.99. The maximum absolute atomic E-state index is 8.84. The van der Waals surface area contributed by atoms with E-state index in [1.54, 1.807) is 18.5 Å². The zero-order chi connectivity index (χ0) is 11.1. The molecule has 1 atom stereocenters. The monoisotopic (exact) mass is 205 g/mol. The molecule has 1 N–H and O–H groups in total. The summed E-state index contributed by atoms with van der Waals surface area (Å²) in [6.45, 7) is 5.31. The molecule has 1 aromatic rings. The number of ether oxygens (including phenoxy) is 1. The Hall–Kier alpha value is -1.60. The van der Waals surface area contributed by atoms with E-state index in [1.165, 1.54) is 0 Å². The molecule has 1 rings (SSSR count). The lowest BCUT2D eigenvalue weighted by Gasteiger charge is -2.13. The van der Waals surface area contributed by atoms with Crippen LogP contribution >= 0.6 is 0 Å². The topological polar surface area (TPSA) is 57.9 Å². The van der Waals surface area contributed by atoms with Gasteiger partial charge in [0.25, 0.3) is 0 Å². The molecule has 0 aromatic carbocycles. The summed E-state index contributed by atoms with van der Waals surface area (Å²) in [5, 5.41) is 12.0. The van der Waals surface area contributed by atoms with Crippen LogP contribution < -0.4 is 5.32 Å². The van der Waals surface area contributed by atoms with Gasteiger partial charge >= 0.3 is 0 Å². The highest BCUT2D eigenvalue weighted by molar-refractivity contribution is 5.55. The van der Waals surface area contributed by atoms with Crippen molar-refractivity contribution in [2.45, 2.75) is 20.0 Å². The zero-order valence-corrected chi connectivity index (χ0v) is 9.03. The molecule has 4 nitrogen and oxygen atoms in total. The number of nitriles is 1. The van der Waals surface area contributed by atoms with Gasteiger partial charge in [-0.15, -0.1) is 0 Å². The van der Waals surface area contributed by atoms with E-state index in [4.69, 9.17) is 10.00 Å². The summed E-state index contributed by atoms with van der Waals surface area (Å²) in [6.07, 6.45) is 3.38. The first kappa shape index (κ1) is 11.5. The third kappa shape index (κ3) is 3.56.